The first kappa shape index (κ1) is 15.2. The van der Waals surface area contributed by atoms with Gasteiger partial charge in [-0.3, -0.25) is 4.98 Å². The zero-order valence-corrected chi connectivity index (χ0v) is 14.9. The van der Waals surface area contributed by atoms with Crippen molar-refractivity contribution in [3.05, 3.63) is 48.8 Å². The number of nitrogens with one attached hydrogen (secondary N) is 1. The van der Waals surface area contributed by atoms with Crippen LogP contribution in [0.3, 0.4) is 0 Å². The Bertz CT molecular complexity index is 517. The third kappa shape index (κ3) is 4.12. The number of aromatic nitrogens is 1. The van der Waals surface area contributed by atoms with Crippen molar-refractivity contribution in [2.45, 2.75) is 26.3 Å². The SMILES string of the molecule is CCNC(Cc1ccc(C)cn1)c1cc(Br)c(Br)s1. The average Bonchev–Trinajstić information content (AvgIpc) is 2.72. The topological polar surface area (TPSA) is 24.9 Å². The average molecular weight is 404 g/mol. The minimum atomic E-state index is 0.313. The molecule has 1 unspecified atom stereocenters. The molecular formula is C14H16Br2N2S. The fourth-order valence-electron chi connectivity index (χ4n) is 1.88. The van der Waals surface area contributed by atoms with E-state index in [1.165, 1.54) is 10.4 Å². The highest BCUT2D eigenvalue weighted by molar-refractivity contribution is 9.13. The third-order valence-electron chi connectivity index (χ3n) is 2.84. The molecule has 5 heteroatoms. The highest BCUT2D eigenvalue weighted by atomic mass is 79.9. The zero-order chi connectivity index (χ0) is 13.8. The highest BCUT2D eigenvalue weighted by Crippen LogP contribution is 2.36. The predicted octanol–water partition coefficient (Wildman–Crippen LogP) is 4.87. The van der Waals surface area contributed by atoms with Crippen molar-refractivity contribution in [3.63, 3.8) is 0 Å². The van der Waals surface area contributed by atoms with Crippen LogP contribution in [0.2, 0.25) is 0 Å². The van der Waals surface area contributed by atoms with E-state index in [9.17, 15) is 0 Å². The van der Waals surface area contributed by atoms with Crippen LogP contribution in [0.4, 0.5) is 0 Å². The summed E-state index contributed by atoms with van der Waals surface area (Å²) in [6.45, 7) is 5.14. The van der Waals surface area contributed by atoms with Crippen LogP contribution in [0.25, 0.3) is 0 Å². The second kappa shape index (κ2) is 6.97. The van der Waals surface area contributed by atoms with Gasteiger partial charge in [0.05, 0.1) is 3.79 Å². The van der Waals surface area contributed by atoms with Gasteiger partial charge in [-0.2, -0.15) is 0 Å². The Labute approximate surface area is 134 Å². The summed E-state index contributed by atoms with van der Waals surface area (Å²) in [5.74, 6) is 0. The van der Waals surface area contributed by atoms with Crippen LogP contribution in [0, 0.1) is 6.92 Å². The number of thiophene rings is 1. The lowest BCUT2D eigenvalue weighted by atomic mass is 10.1. The van der Waals surface area contributed by atoms with E-state index < -0.39 is 0 Å². The summed E-state index contributed by atoms with van der Waals surface area (Å²) in [5.41, 5.74) is 2.32. The Morgan fingerprint density at radius 2 is 2.16 bits per heavy atom. The lowest BCUT2D eigenvalue weighted by Gasteiger charge is -2.16. The van der Waals surface area contributed by atoms with Gasteiger partial charge in [-0.15, -0.1) is 11.3 Å². The van der Waals surface area contributed by atoms with Gasteiger partial charge in [0.1, 0.15) is 0 Å². The summed E-state index contributed by atoms with van der Waals surface area (Å²) in [6, 6.07) is 6.71. The van der Waals surface area contributed by atoms with Crippen LogP contribution in [-0.4, -0.2) is 11.5 Å². The molecular weight excluding hydrogens is 388 g/mol. The maximum atomic E-state index is 4.50. The summed E-state index contributed by atoms with van der Waals surface area (Å²) in [6.07, 6.45) is 2.84. The Kier molecular flexibility index (Phi) is 5.57. The summed E-state index contributed by atoms with van der Waals surface area (Å²) in [4.78, 5) is 5.82. The van der Waals surface area contributed by atoms with Gasteiger partial charge < -0.3 is 5.32 Å². The quantitative estimate of drug-likeness (QED) is 0.770. The van der Waals surface area contributed by atoms with Crippen molar-refractivity contribution in [2.75, 3.05) is 6.54 Å². The zero-order valence-electron chi connectivity index (χ0n) is 10.9. The van der Waals surface area contributed by atoms with Gasteiger partial charge in [0.2, 0.25) is 0 Å². The number of aryl methyl sites for hydroxylation is 1. The second-order valence-corrected chi connectivity index (χ2v) is 7.67. The molecule has 1 N–H and O–H groups in total. The molecule has 0 saturated carbocycles. The first-order valence-corrected chi connectivity index (χ1v) is 8.60. The predicted molar refractivity (Wildman–Crippen MR) is 88.8 cm³/mol. The van der Waals surface area contributed by atoms with Crippen LogP contribution in [0.5, 0.6) is 0 Å². The number of halogens is 2. The Balaban J connectivity index is 2.18. The molecule has 0 amide bonds. The van der Waals surface area contributed by atoms with Gasteiger partial charge in [0.15, 0.2) is 0 Å². The monoisotopic (exact) mass is 402 g/mol. The highest BCUT2D eigenvalue weighted by Gasteiger charge is 2.16. The molecule has 19 heavy (non-hydrogen) atoms. The fraction of sp³-hybridized carbons (Fsp3) is 0.357. The van der Waals surface area contributed by atoms with Gasteiger partial charge in [0.25, 0.3) is 0 Å². The first-order chi connectivity index (χ1) is 9.10. The van der Waals surface area contributed by atoms with Gasteiger partial charge >= 0.3 is 0 Å². The van der Waals surface area contributed by atoms with E-state index in [0.29, 0.717) is 6.04 Å². The number of hydrogen-bond acceptors (Lipinski definition) is 3. The van der Waals surface area contributed by atoms with E-state index >= 15 is 0 Å². The van der Waals surface area contributed by atoms with Crippen LogP contribution < -0.4 is 5.32 Å². The summed E-state index contributed by atoms with van der Waals surface area (Å²) in [7, 11) is 0. The molecule has 2 nitrogen and oxygen atoms in total. The van der Waals surface area contributed by atoms with Crippen LogP contribution in [0.15, 0.2) is 32.7 Å². The molecule has 0 fully saturated rings. The van der Waals surface area contributed by atoms with E-state index in [1.54, 1.807) is 11.3 Å². The molecule has 0 aliphatic rings. The van der Waals surface area contributed by atoms with Gasteiger partial charge in [-0.1, -0.05) is 13.0 Å². The molecule has 2 rings (SSSR count). The molecule has 0 spiro atoms. The molecule has 0 aromatic carbocycles. The maximum Gasteiger partial charge on any atom is 0.0843 e. The standard InChI is InChI=1S/C14H16Br2N2S/c1-3-17-12(13-7-11(15)14(16)19-13)6-10-5-4-9(2)8-18-10/h4-5,7-8,12,17H,3,6H2,1-2H3. The molecule has 0 saturated heterocycles. The van der Waals surface area contributed by atoms with E-state index in [2.05, 4.69) is 74.2 Å². The Hall–Kier alpha value is -0.230. The van der Waals surface area contributed by atoms with Gasteiger partial charge in [-0.05, 0) is 63.0 Å². The Morgan fingerprint density at radius 3 is 2.68 bits per heavy atom. The molecule has 2 heterocycles. The van der Waals surface area contributed by atoms with Crippen molar-refractivity contribution in [3.8, 4) is 0 Å². The number of likely N-dealkylation sites (N-methyl/N-ethyl adjacent to an activating group) is 1. The van der Waals surface area contributed by atoms with Crippen molar-refractivity contribution < 1.29 is 0 Å². The second-order valence-electron chi connectivity index (χ2n) is 4.41. The first-order valence-electron chi connectivity index (χ1n) is 6.19. The smallest absolute Gasteiger partial charge is 0.0843 e. The molecule has 1 atom stereocenters. The van der Waals surface area contributed by atoms with Gasteiger partial charge in [0, 0.05) is 33.7 Å². The summed E-state index contributed by atoms with van der Waals surface area (Å²) < 4.78 is 2.26. The number of rotatable bonds is 5. The van der Waals surface area contributed by atoms with Crippen molar-refractivity contribution in [1.29, 1.82) is 0 Å². The maximum absolute atomic E-state index is 4.50. The minimum absolute atomic E-state index is 0.313. The third-order valence-corrected chi connectivity index (χ3v) is 6.21. The van der Waals surface area contributed by atoms with E-state index in [-0.39, 0.29) is 0 Å². The van der Waals surface area contributed by atoms with Crippen molar-refractivity contribution in [1.82, 2.24) is 10.3 Å². The van der Waals surface area contributed by atoms with E-state index in [0.717, 1.165) is 26.9 Å². The normalized spacial score (nSPS) is 12.6. The molecule has 0 radical (unpaired) electrons. The lowest BCUT2D eigenvalue weighted by Crippen LogP contribution is -2.22. The molecule has 0 bridgehead atoms. The van der Waals surface area contributed by atoms with Crippen molar-refractivity contribution in [2.24, 2.45) is 0 Å². The Morgan fingerprint density at radius 1 is 1.37 bits per heavy atom. The van der Waals surface area contributed by atoms with Crippen LogP contribution >= 0.6 is 43.2 Å². The van der Waals surface area contributed by atoms with Crippen LogP contribution in [0.1, 0.15) is 29.1 Å². The van der Waals surface area contributed by atoms with Gasteiger partial charge in [-0.25, -0.2) is 0 Å². The fourth-order valence-corrected chi connectivity index (χ4v) is 4.05. The number of nitrogens with zero attached hydrogens (tertiary/aromatic N) is 1. The largest absolute Gasteiger partial charge is 0.309 e. The molecule has 0 aliphatic heterocycles. The summed E-state index contributed by atoms with van der Waals surface area (Å²) in [5, 5.41) is 3.53. The van der Waals surface area contributed by atoms with E-state index in [4.69, 9.17) is 0 Å². The number of hydrogen-bond donors (Lipinski definition) is 1. The lowest BCUT2D eigenvalue weighted by molar-refractivity contribution is 0.552. The van der Waals surface area contributed by atoms with Crippen LogP contribution in [-0.2, 0) is 6.42 Å². The molecule has 0 aliphatic carbocycles. The minimum Gasteiger partial charge on any atom is -0.309 e. The number of pyridine rings is 1. The summed E-state index contributed by atoms with van der Waals surface area (Å²) >= 11 is 8.87. The van der Waals surface area contributed by atoms with E-state index in [1.807, 2.05) is 6.20 Å². The molecule has 102 valence electrons. The molecule has 2 aromatic rings. The molecule has 2 aromatic heterocycles. The van der Waals surface area contributed by atoms with Crippen molar-refractivity contribution >= 4 is 43.2 Å².